The van der Waals surface area contributed by atoms with Crippen molar-refractivity contribution in [2.75, 3.05) is 6.54 Å². The van der Waals surface area contributed by atoms with Crippen LogP contribution in [0.15, 0.2) is 43.6 Å². The highest BCUT2D eigenvalue weighted by molar-refractivity contribution is 7.92. The minimum absolute atomic E-state index is 0.114. The summed E-state index contributed by atoms with van der Waals surface area (Å²) >= 11 is 0.735. The van der Waals surface area contributed by atoms with E-state index in [9.17, 15) is 21.9 Å². The maximum absolute atomic E-state index is 12.6. The highest BCUT2D eigenvalue weighted by Crippen LogP contribution is 2.30. The smallest absolute Gasteiger partial charge is 0.247 e. The van der Waals surface area contributed by atoms with E-state index in [1.807, 2.05) is 0 Å². The van der Waals surface area contributed by atoms with Gasteiger partial charge in [-0.15, -0.1) is 11.3 Å². The average Bonchev–Trinajstić information content (AvgIpc) is 2.99. The third-order valence-electron chi connectivity index (χ3n) is 3.38. The minimum Gasteiger partial charge on any atom is -0.508 e. The fourth-order valence-corrected chi connectivity index (χ4v) is 5.41. The second-order valence-corrected chi connectivity index (χ2v) is 10.6. The lowest BCUT2D eigenvalue weighted by molar-refractivity contribution is 0.459. The largest absolute Gasteiger partial charge is 0.508 e. The van der Waals surface area contributed by atoms with Crippen LogP contribution in [0.4, 0.5) is 0 Å². The number of sulfonamides is 1. The molecule has 0 fully saturated rings. The molecule has 0 aliphatic carbocycles. The van der Waals surface area contributed by atoms with Gasteiger partial charge in [0.1, 0.15) is 9.96 Å². The number of rotatable bonds is 7. The monoisotopic (exact) mass is 404 g/mol. The Morgan fingerprint density at radius 3 is 2.36 bits per heavy atom. The van der Waals surface area contributed by atoms with Crippen LogP contribution in [0.1, 0.15) is 19.4 Å². The van der Waals surface area contributed by atoms with E-state index < -0.39 is 19.9 Å². The first-order chi connectivity index (χ1) is 11.5. The molecule has 0 spiro atoms. The highest BCUT2D eigenvalue weighted by Gasteiger charge is 2.23. The number of thiophene rings is 1. The van der Waals surface area contributed by atoms with E-state index in [1.165, 1.54) is 17.5 Å². The Balaban J connectivity index is 2.28. The van der Waals surface area contributed by atoms with E-state index in [2.05, 4.69) is 19.2 Å². The van der Waals surface area contributed by atoms with Crippen LogP contribution in [0.3, 0.4) is 0 Å². The second-order valence-electron chi connectivity index (χ2n) is 5.97. The summed E-state index contributed by atoms with van der Waals surface area (Å²) in [5, 5.41) is 19.5. The number of benzene rings is 1. The van der Waals surface area contributed by atoms with Crippen molar-refractivity contribution in [1.82, 2.24) is 5.32 Å². The Bertz CT molecular complexity index is 963. The molecule has 7 nitrogen and oxygen atoms in total. The molecule has 1 heterocycles. The number of primary sulfonamides is 1. The van der Waals surface area contributed by atoms with Crippen LogP contribution in [0.5, 0.6) is 5.75 Å². The number of nitrogens with two attached hydrogens (primary N) is 1. The molecule has 0 bridgehead atoms. The van der Waals surface area contributed by atoms with Gasteiger partial charge in [0, 0.05) is 17.5 Å². The van der Waals surface area contributed by atoms with Crippen molar-refractivity contribution in [2.45, 2.75) is 34.4 Å². The van der Waals surface area contributed by atoms with E-state index >= 15 is 0 Å². The molecule has 0 amide bonds. The fraction of sp³-hybridized carbons (Fsp3) is 0.333. The predicted molar refractivity (Wildman–Crippen MR) is 95.8 cm³/mol. The summed E-state index contributed by atoms with van der Waals surface area (Å²) in [4.78, 5) is -0.289. The van der Waals surface area contributed by atoms with Crippen molar-refractivity contribution >= 4 is 31.2 Å². The number of sulfone groups is 1. The fourth-order valence-electron chi connectivity index (χ4n) is 2.08. The van der Waals surface area contributed by atoms with Gasteiger partial charge >= 0.3 is 0 Å². The Morgan fingerprint density at radius 1 is 1.16 bits per heavy atom. The van der Waals surface area contributed by atoms with Gasteiger partial charge in [0.25, 0.3) is 0 Å². The predicted octanol–water partition coefficient (Wildman–Crippen LogP) is 1.68. The van der Waals surface area contributed by atoms with Crippen molar-refractivity contribution in [3.8, 4) is 5.75 Å². The van der Waals surface area contributed by atoms with Crippen LogP contribution >= 0.6 is 11.3 Å². The molecule has 0 radical (unpaired) electrons. The molecule has 4 N–H and O–H groups in total. The molecule has 1 aromatic carbocycles. The van der Waals surface area contributed by atoms with Crippen LogP contribution < -0.4 is 10.5 Å². The molecule has 0 aliphatic heterocycles. The van der Waals surface area contributed by atoms with Gasteiger partial charge in [-0.2, -0.15) is 0 Å². The first-order valence-corrected chi connectivity index (χ1v) is 11.3. The third kappa shape index (κ3) is 4.79. The first-order valence-electron chi connectivity index (χ1n) is 7.41. The van der Waals surface area contributed by atoms with Crippen molar-refractivity contribution in [2.24, 2.45) is 11.1 Å². The lowest BCUT2D eigenvalue weighted by atomic mass is 10.2. The summed E-state index contributed by atoms with van der Waals surface area (Å²) in [6.07, 6.45) is 0. The number of phenols is 1. The number of hydrogen-bond donors (Lipinski definition) is 3. The average molecular weight is 405 g/mol. The Labute approximate surface area is 151 Å². The number of phenolic OH excluding ortho intramolecular Hbond substituents is 1. The zero-order valence-electron chi connectivity index (χ0n) is 13.8. The van der Waals surface area contributed by atoms with Gasteiger partial charge in [-0.1, -0.05) is 19.9 Å². The van der Waals surface area contributed by atoms with E-state index in [1.54, 1.807) is 0 Å². The molecule has 25 heavy (non-hydrogen) atoms. The third-order valence-corrected chi connectivity index (χ3v) is 7.64. The lowest BCUT2D eigenvalue weighted by Gasteiger charge is -2.10. The van der Waals surface area contributed by atoms with E-state index in [0.29, 0.717) is 18.0 Å². The topological polar surface area (TPSA) is 127 Å². The molecule has 2 aromatic rings. The van der Waals surface area contributed by atoms with Gasteiger partial charge in [-0.25, -0.2) is 22.0 Å². The van der Waals surface area contributed by atoms with E-state index in [0.717, 1.165) is 30.0 Å². The quantitative estimate of drug-likeness (QED) is 0.644. The molecule has 0 unspecified atom stereocenters. The maximum atomic E-state index is 12.6. The SMILES string of the molecule is CC(C)CNCc1ccc(S(=O)(=O)c2csc(S(N)(=O)=O)c2)cc1O. The van der Waals surface area contributed by atoms with Gasteiger partial charge in [0.05, 0.1) is 9.79 Å². The van der Waals surface area contributed by atoms with Gasteiger partial charge in [0.15, 0.2) is 0 Å². The molecule has 10 heteroatoms. The molecule has 1 aromatic heterocycles. The second kappa shape index (κ2) is 7.42. The molecular weight excluding hydrogens is 384 g/mol. The zero-order valence-corrected chi connectivity index (χ0v) is 16.2. The molecule has 0 atom stereocenters. The van der Waals surface area contributed by atoms with Gasteiger partial charge < -0.3 is 10.4 Å². The summed E-state index contributed by atoms with van der Waals surface area (Å²) in [6.45, 7) is 5.29. The van der Waals surface area contributed by atoms with Crippen molar-refractivity contribution in [1.29, 1.82) is 0 Å². The van der Waals surface area contributed by atoms with Crippen molar-refractivity contribution < 1.29 is 21.9 Å². The van der Waals surface area contributed by atoms with Crippen LogP contribution in [0.2, 0.25) is 0 Å². The van der Waals surface area contributed by atoms with Crippen LogP contribution in [-0.2, 0) is 26.4 Å². The molecule has 0 aliphatic rings. The molecule has 138 valence electrons. The van der Waals surface area contributed by atoms with Gasteiger partial charge in [-0.3, -0.25) is 0 Å². The molecule has 0 saturated heterocycles. The van der Waals surface area contributed by atoms with Crippen molar-refractivity contribution in [3.63, 3.8) is 0 Å². The van der Waals surface area contributed by atoms with Gasteiger partial charge in [-0.05, 0) is 30.7 Å². The number of aromatic hydroxyl groups is 1. The lowest BCUT2D eigenvalue weighted by Crippen LogP contribution is -2.19. The standard InChI is InChI=1S/C15H20N2O5S3/c1-10(2)7-17-8-11-3-4-12(5-14(11)18)24(19,20)13-6-15(23-9-13)25(16,21)22/h3-6,9-10,17-18H,7-8H2,1-2H3,(H2,16,21,22). The molecule has 2 rings (SSSR count). The summed E-state index contributed by atoms with van der Waals surface area (Å²) in [7, 11) is -7.90. The van der Waals surface area contributed by atoms with Crippen LogP contribution in [0.25, 0.3) is 0 Å². The van der Waals surface area contributed by atoms with Crippen LogP contribution in [-0.4, -0.2) is 28.5 Å². The number of nitrogens with one attached hydrogen (secondary N) is 1. The minimum atomic E-state index is -3.96. The molecular formula is C15H20N2O5S3. The van der Waals surface area contributed by atoms with E-state index in [-0.39, 0.29) is 19.7 Å². The maximum Gasteiger partial charge on any atom is 0.247 e. The Morgan fingerprint density at radius 2 is 1.84 bits per heavy atom. The summed E-state index contributed by atoms with van der Waals surface area (Å²) in [5.74, 6) is 0.313. The van der Waals surface area contributed by atoms with Gasteiger partial charge in [0.2, 0.25) is 19.9 Å². The first kappa shape index (κ1) is 19.9. The van der Waals surface area contributed by atoms with Crippen LogP contribution in [0, 0.1) is 5.92 Å². The summed E-state index contributed by atoms with van der Waals surface area (Å²) < 4.78 is 47.5. The van der Waals surface area contributed by atoms with E-state index in [4.69, 9.17) is 5.14 Å². The highest BCUT2D eigenvalue weighted by atomic mass is 32.2. The number of hydrogen-bond acceptors (Lipinski definition) is 7. The zero-order chi connectivity index (χ0) is 18.8. The normalized spacial score (nSPS) is 12.6. The molecule has 0 saturated carbocycles. The summed E-state index contributed by atoms with van der Waals surface area (Å²) in [6, 6.07) is 5.10. The van der Waals surface area contributed by atoms with Crippen molar-refractivity contribution in [3.05, 3.63) is 35.2 Å². The summed E-state index contributed by atoms with van der Waals surface area (Å²) in [5.41, 5.74) is 0.579. The Kier molecular flexibility index (Phi) is 5.89. The Hall–Kier alpha value is -1.46.